The Labute approximate surface area is 159 Å². The molecule has 7 heteroatoms. The average Bonchev–Trinajstić information content (AvgIpc) is 3.07. The maximum absolute atomic E-state index is 12.1. The van der Waals surface area contributed by atoms with E-state index >= 15 is 0 Å². The molecule has 0 aliphatic carbocycles. The lowest BCUT2D eigenvalue weighted by atomic mass is 10.1. The smallest absolute Gasteiger partial charge is 0.305 e. The Kier molecular flexibility index (Phi) is 7.62. The van der Waals surface area contributed by atoms with Crippen LogP contribution < -0.4 is 16.2 Å². The highest BCUT2D eigenvalue weighted by Gasteiger charge is 2.11. The van der Waals surface area contributed by atoms with Gasteiger partial charge in [-0.05, 0) is 69.0 Å². The van der Waals surface area contributed by atoms with Gasteiger partial charge in [0.15, 0.2) is 10.9 Å². The van der Waals surface area contributed by atoms with Gasteiger partial charge in [0.05, 0.1) is 6.54 Å². The van der Waals surface area contributed by atoms with E-state index in [1.165, 1.54) is 18.4 Å². The van der Waals surface area contributed by atoms with Gasteiger partial charge in [-0.1, -0.05) is 25.5 Å². The lowest BCUT2D eigenvalue weighted by Gasteiger charge is -2.11. The largest absolute Gasteiger partial charge is 0.454 e. The number of furan rings is 1. The Balaban J connectivity index is 1.79. The molecule has 0 aliphatic rings. The van der Waals surface area contributed by atoms with Crippen molar-refractivity contribution in [3.8, 4) is 0 Å². The van der Waals surface area contributed by atoms with Crippen molar-refractivity contribution in [3.05, 3.63) is 53.5 Å². The van der Waals surface area contributed by atoms with Crippen molar-refractivity contribution in [3.63, 3.8) is 0 Å². The molecule has 0 saturated carbocycles. The molecule has 1 amide bonds. The van der Waals surface area contributed by atoms with Crippen LogP contribution in [0.15, 0.2) is 40.8 Å². The van der Waals surface area contributed by atoms with E-state index in [1.54, 1.807) is 12.1 Å². The number of unbranched alkanes of at least 4 members (excludes halogenated alkanes) is 1. The maximum Gasteiger partial charge on any atom is 0.305 e. The first-order valence-corrected chi connectivity index (χ1v) is 9.08. The van der Waals surface area contributed by atoms with Crippen molar-refractivity contribution in [2.24, 2.45) is 0 Å². The summed E-state index contributed by atoms with van der Waals surface area (Å²) in [6.07, 6.45) is 3.44. The summed E-state index contributed by atoms with van der Waals surface area (Å²) in [6, 6.07) is 11.5. The molecule has 2 aromatic rings. The van der Waals surface area contributed by atoms with Gasteiger partial charge in [0.2, 0.25) is 0 Å². The molecular weight excluding hydrogens is 348 g/mol. The molecule has 0 bridgehead atoms. The van der Waals surface area contributed by atoms with Gasteiger partial charge in [-0.25, -0.2) is 0 Å². The zero-order chi connectivity index (χ0) is 18.9. The number of anilines is 1. The third-order valence-electron chi connectivity index (χ3n) is 3.68. The molecule has 0 fully saturated rings. The summed E-state index contributed by atoms with van der Waals surface area (Å²) in [6.45, 7) is 2.81. The number of aryl methyl sites for hydroxylation is 1. The van der Waals surface area contributed by atoms with Crippen LogP contribution in [-0.2, 0) is 13.0 Å². The van der Waals surface area contributed by atoms with Crippen molar-refractivity contribution in [2.75, 3.05) is 19.4 Å². The third-order valence-corrected chi connectivity index (χ3v) is 3.88. The zero-order valence-electron chi connectivity index (χ0n) is 15.5. The maximum atomic E-state index is 12.1. The summed E-state index contributed by atoms with van der Waals surface area (Å²) in [5.41, 5.74) is 7.37. The van der Waals surface area contributed by atoms with Crippen LogP contribution in [0.2, 0.25) is 0 Å². The van der Waals surface area contributed by atoms with Crippen molar-refractivity contribution in [2.45, 2.75) is 32.7 Å². The Morgan fingerprint density at radius 3 is 2.50 bits per heavy atom. The number of benzene rings is 1. The van der Waals surface area contributed by atoms with Gasteiger partial charge in [0.1, 0.15) is 5.76 Å². The van der Waals surface area contributed by atoms with Gasteiger partial charge < -0.3 is 14.6 Å². The van der Waals surface area contributed by atoms with Crippen LogP contribution in [0.25, 0.3) is 0 Å². The highest BCUT2D eigenvalue weighted by molar-refractivity contribution is 7.80. The molecule has 1 heterocycles. The van der Waals surface area contributed by atoms with E-state index in [0.29, 0.717) is 11.7 Å². The number of thiocarbonyl (C=S) groups is 1. The van der Waals surface area contributed by atoms with E-state index in [4.69, 9.17) is 16.6 Å². The van der Waals surface area contributed by atoms with Gasteiger partial charge in [-0.3, -0.25) is 15.6 Å². The van der Waals surface area contributed by atoms with Crippen LogP contribution in [-0.4, -0.2) is 30.0 Å². The SMILES string of the molecule is CCCCc1ccc(NC(=S)NNC(=O)c2ccc(CN(C)C)o2)cc1. The standard InChI is InChI=1S/C19H26N4O2S/c1-4-5-6-14-7-9-15(10-8-14)20-19(26)22-21-18(24)17-12-11-16(25-17)13-23(2)3/h7-12H,4-6,13H2,1-3H3,(H,21,24)(H2,20,22,26). The Hall–Kier alpha value is -2.38. The monoisotopic (exact) mass is 374 g/mol. The molecule has 0 saturated heterocycles. The van der Waals surface area contributed by atoms with Crippen LogP contribution >= 0.6 is 12.2 Å². The minimum absolute atomic E-state index is 0.234. The first-order chi connectivity index (χ1) is 12.5. The number of rotatable bonds is 7. The number of amides is 1. The summed E-state index contributed by atoms with van der Waals surface area (Å²) in [7, 11) is 3.87. The van der Waals surface area contributed by atoms with Crippen molar-refractivity contribution < 1.29 is 9.21 Å². The van der Waals surface area contributed by atoms with Crippen LogP contribution in [0.1, 0.15) is 41.6 Å². The molecule has 1 aromatic carbocycles. The molecule has 0 unspecified atom stereocenters. The fourth-order valence-corrected chi connectivity index (χ4v) is 2.54. The number of carbonyl (C=O) groups is 1. The van der Waals surface area contributed by atoms with Gasteiger partial charge in [0.25, 0.3) is 0 Å². The number of hydrazine groups is 1. The van der Waals surface area contributed by atoms with E-state index < -0.39 is 0 Å². The van der Waals surface area contributed by atoms with E-state index in [9.17, 15) is 4.79 Å². The van der Waals surface area contributed by atoms with Gasteiger partial charge in [-0.15, -0.1) is 0 Å². The van der Waals surface area contributed by atoms with Crippen LogP contribution in [0.5, 0.6) is 0 Å². The van der Waals surface area contributed by atoms with Crippen molar-refractivity contribution in [1.29, 1.82) is 0 Å². The summed E-state index contributed by atoms with van der Waals surface area (Å²) >= 11 is 5.20. The quantitative estimate of drug-likeness (QED) is 0.510. The lowest BCUT2D eigenvalue weighted by molar-refractivity contribution is 0.0913. The molecule has 2 rings (SSSR count). The van der Waals surface area contributed by atoms with Crippen molar-refractivity contribution >= 4 is 28.9 Å². The molecule has 140 valence electrons. The van der Waals surface area contributed by atoms with Gasteiger partial charge in [0, 0.05) is 5.69 Å². The number of nitrogens with one attached hydrogen (secondary N) is 3. The molecule has 0 aliphatic heterocycles. The molecule has 0 radical (unpaired) electrons. The summed E-state index contributed by atoms with van der Waals surface area (Å²) < 4.78 is 5.49. The van der Waals surface area contributed by atoms with Crippen LogP contribution in [0.3, 0.4) is 0 Å². The van der Waals surface area contributed by atoms with Gasteiger partial charge in [-0.2, -0.15) is 0 Å². The minimum atomic E-state index is -0.380. The second-order valence-corrected chi connectivity index (χ2v) is 6.75. The fraction of sp³-hybridized carbons (Fsp3) is 0.368. The third kappa shape index (κ3) is 6.50. The number of carbonyl (C=O) groups excluding carboxylic acids is 1. The highest BCUT2D eigenvalue weighted by atomic mass is 32.1. The predicted molar refractivity (Wildman–Crippen MR) is 108 cm³/mol. The second kappa shape index (κ2) is 9.94. The van der Waals surface area contributed by atoms with E-state index in [-0.39, 0.29) is 11.7 Å². The molecule has 1 aromatic heterocycles. The number of hydrogen-bond donors (Lipinski definition) is 3. The van der Waals surface area contributed by atoms with Crippen LogP contribution in [0, 0.1) is 0 Å². The summed E-state index contributed by atoms with van der Waals surface area (Å²) in [4.78, 5) is 14.0. The Morgan fingerprint density at radius 2 is 1.85 bits per heavy atom. The molecule has 0 spiro atoms. The average molecular weight is 375 g/mol. The summed E-state index contributed by atoms with van der Waals surface area (Å²) in [5.74, 6) is 0.579. The lowest BCUT2D eigenvalue weighted by Crippen LogP contribution is -2.43. The molecule has 6 nitrogen and oxygen atoms in total. The predicted octanol–water partition coefficient (Wildman–Crippen LogP) is 3.32. The normalized spacial score (nSPS) is 10.6. The van der Waals surface area contributed by atoms with Crippen molar-refractivity contribution in [1.82, 2.24) is 15.8 Å². The second-order valence-electron chi connectivity index (χ2n) is 6.34. The zero-order valence-corrected chi connectivity index (χ0v) is 16.3. The topological polar surface area (TPSA) is 69.5 Å². The van der Waals surface area contributed by atoms with Gasteiger partial charge >= 0.3 is 5.91 Å². The van der Waals surface area contributed by atoms with Crippen LogP contribution in [0.4, 0.5) is 5.69 Å². The molecular formula is C19H26N4O2S. The number of nitrogens with zero attached hydrogens (tertiary/aromatic N) is 1. The minimum Gasteiger partial charge on any atom is -0.454 e. The number of hydrogen-bond acceptors (Lipinski definition) is 4. The Morgan fingerprint density at radius 1 is 1.12 bits per heavy atom. The molecule has 0 atom stereocenters. The first kappa shape index (κ1) is 19.9. The molecule has 3 N–H and O–H groups in total. The van der Waals surface area contributed by atoms with E-state index in [0.717, 1.165) is 17.9 Å². The highest BCUT2D eigenvalue weighted by Crippen LogP contribution is 2.12. The van der Waals surface area contributed by atoms with E-state index in [2.05, 4.69) is 35.2 Å². The summed E-state index contributed by atoms with van der Waals surface area (Å²) in [5, 5.41) is 3.34. The fourth-order valence-electron chi connectivity index (χ4n) is 2.37. The first-order valence-electron chi connectivity index (χ1n) is 8.67. The molecule has 26 heavy (non-hydrogen) atoms. The Bertz CT molecular complexity index is 725. The van der Waals surface area contributed by atoms with E-state index in [1.807, 2.05) is 31.1 Å².